The van der Waals surface area contributed by atoms with Crippen molar-refractivity contribution in [2.75, 3.05) is 13.2 Å². The molecule has 0 amide bonds. The van der Waals surface area contributed by atoms with Gasteiger partial charge < -0.3 is 17.8 Å². The Morgan fingerprint density at radius 2 is 1.63 bits per heavy atom. The fraction of sp³-hybridized carbons (Fsp3) is 0.286. The summed E-state index contributed by atoms with van der Waals surface area (Å²) in [7, 11) is -11.7. The number of alkyl halides is 3. The van der Waals surface area contributed by atoms with E-state index in [0.717, 1.165) is 6.07 Å². The summed E-state index contributed by atoms with van der Waals surface area (Å²) in [5.41, 5.74) is -5.86. The third-order valence-electron chi connectivity index (χ3n) is 3.30. The first-order valence-corrected chi connectivity index (χ1v) is 10.0. The Labute approximate surface area is 152 Å². The smallest absolute Gasteiger partial charge is 0.480 e. The molecule has 1 aliphatic rings. The maximum absolute atomic E-state index is 12.3. The van der Waals surface area contributed by atoms with Crippen LogP contribution in [0.2, 0.25) is 0 Å². The van der Waals surface area contributed by atoms with Crippen LogP contribution in [-0.2, 0) is 25.1 Å². The summed E-state index contributed by atoms with van der Waals surface area (Å²) in [6.07, 6.45) is 0.0256. The maximum Gasteiger partial charge on any atom is 0.480 e. The van der Waals surface area contributed by atoms with Gasteiger partial charge in [-0.1, -0.05) is 12.1 Å². The lowest BCUT2D eigenvalue weighted by atomic mass is 10.1. The van der Waals surface area contributed by atoms with Crippen LogP contribution in [0.3, 0.4) is 0 Å². The van der Waals surface area contributed by atoms with Crippen molar-refractivity contribution in [3.8, 4) is 11.5 Å². The van der Waals surface area contributed by atoms with Crippen LogP contribution in [0.25, 0.3) is 14.9 Å². The molecule has 1 atom stereocenters. The second-order valence-electron chi connectivity index (χ2n) is 5.44. The highest BCUT2D eigenvalue weighted by atomic mass is 32.3. The Bertz CT molecular complexity index is 1060. The Kier molecular flexibility index (Phi) is 4.96. The van der Waals surface area contributed by atoms with E-state index in [4.69, 9.17) is 9.47 Å². The van der Waals surface area contributed by atoms with E-state index in [1.807, 2.05) is 4.13 Å². The predicted molar refractivity (Wildman–Crippen MR) is 87.1 cm³/mol. The number of fused-ring (bicyclic) bond motifs is 1. The van der Waals surface area contributed by atoms with E-state index in [0.29, 0.717) is 29.7 Å². The molecular weight excluding hydrogens is 415 g/mol. The Morgan fingerprint density at radius 1 is 1.04 bits per heavy atom. The van der Waals surface area contributed by atoms with Gasteiger partial charge in [0.2, 0.25) is 10.3 Å². The van der Waals surface area contributed by atoms with Crippen LogP contribution in [0.4, 0.5) is 13.2 Å². The second-order valence-corrected chi connectivity index (χ2v) is 8.47. The normalized spacial score (nSPS) is 17.7. The van der Waals surface area contributed by atoms with E-state index in [-0.39, 0.29) is 6.10 Å². The molecule has 1 saturated heterocycles. The molecule has 2 aromatic carbocycles. The van der Waals surface area contributed by atoms with Crippen molar-refractivity contribution in [2.45, 2.75) is 11.6 Å². The summed E-state index contributed by atoms with van der Waals surface area (Å²) in [6, 6.07) is 8.69. The number of sulfonamides is 1. The first-order chi connectivity index (χ1) is 12.5. The largest absolute Gasteiger partial charge is 0.491 e. The number of ether oxygens (including phenoxy) is 2. The van der Waals surface area contributed by atoms with E-state index >= 15 is 0 Å². The van der Waals surface area contributed by atoms with E-state index in [1.54, 1.807) is 18.2 Å². The third-order valence-corrected chi connectivity index (χ3v) is 5.81. The summed E-state index contributed by atoms with van der Waals surface area (Å²) in [5, 5.41) is 1.12. The molecule has 0 N–H and O–H groups in total. The van der Waals surface area contributed by atoms with Gasteiger partial charge in [-0.05, 0) is 35.0 Å². The summed E-state index contributed by atoms with van der Waals surface area (Å²) < 4.78 is 98.3. The first-order valence-electron chi connectivity index (χ1n) is 7.23. The fourth-order valence-corrected chi connectivity index (χ4v) is 3.77. The molecule has 2 aromatic rings. The minimum absolute atomic E-state index is 0.0256. The lowest BCUT2D eigenvalue weighted by Gasteiger charge is -2.21. The molecule has 3 rings (SSSR count). The van der Waals surface area contributed by atoms with Crippen molar-refractivity contribution in [1.82, 2.24) is 0 Å². The van der Waals surface area contributed by atoms with Crippen molar-refractivity contribution in [3.05, 3.63) is 40.5 Å². The molecule has 1 unspecified atom stereocenters. The summed E-state index contributed by atoms with van der Waals surface area (Å²) in [6.45, 7) is 0.942. The van der Waals surface area contributed by atoms with Crippen LogP contribution in [0.1, 0.15) is 0 Å². The Balaban J connectivity index is 1.79. The zero-order valence-electron chi connectivity index (χ0n) is 13.2. The monoisotopic (exact) mass is 426 g/mol. The summed E-state index contributed by atoms with van der Waals surface area (Å²) in [4.78, 5) is 0. The molecule has 0 saturated carbocycles. The number of nitrogens with zero attached hydrogens (tertiary/aromatic N) is 1. The van der Waals surface area contributed by atoms with Gasteiger partial charge in [-0.3, -0.25) is 0 Å². The highest BCUT2D eigenvalue weighted by Gasteiger charge is 2.40. The summed E-state index contributed by atoms with van der Waals surface area (Å²) in [5.74, 6) is 0.0497. The van der Waals surface area contributed by atoms with Gasteiger partial charge in [-0.25, -0.2) is 16.8 Å². The van der Waals surface area contributed by atoms with E-state index < -0.39 is 31.6 Å². The van der Waals surface area contributed by atoms with E-state index in [2.05, 4.69) is 4.18 Å². The molecule has 0 bridgehead atoms. The van der Waals surface area contributed by atoms with Gasteiger partial charge in [0.25, 0.3) is 0 Å². The quantitative estimate of drug-likeness (QED) is 0.625. The van der Waals surface area contributed by atoms with Crippen molar-refractivity contribution in [1.29, 1.82) is 0 Å². The number of epoxide rings is 1. The van der Waals surface area contributed by atoms with Crippen LogP contribution in [-0.4, -0.2) is 41.7 Å². The van der Waals surface area contributed by atoms with Crippen molar-refractivity contribution in [3.63, 3.8) is 0 Å². The molecule has 0 radical (unpaired) electrons. The zero-order valence-corrected chi connectivity index (χ0v) is 14.8. The molecule has 0 aliphatic carbocycles. The lowest BCUT2D eigenvalue weighted by molar-refractivity contribution is -0.0425. The fourth-order valence-electron chi connectivity index (χ4n) is 2.00. The van der Waals surface area contributed by atoms with Crippen LogP contribution < -0.4 is 8.92 Å². The number of rotatable bonds is 7. The lowest BCUT2D eigenvalue weighted by Crippen LogP contribution is -2.25. The molecule has 27 heavy (non-hydrogen) atoms. The number of hydrogen-bond donors (Lipinski definition) is 0. The van der Waals surface area contributed by atoms with Crippen LogP contribution in [0.15, 0.2) is 36.4 Å². The Morgan fingerprint density at radius 3 is 2.22 bits per heavy atom. The van der Waals surface area contributed by atoms with E-state index in [9.17, 15) is 30.0 Å². The molecule has 0 spiro atoms. The second kappa shape index (κ2) is 6.82. The Hall–Kier alpha value is -2.09. The van der Waals surface area contributed by atoms with Crippen molar-refractivity contribution >= 4 is 31.1 Å². The minimum atomic E-state index is -6.25. The van der Waals surface area contributed by atoms with Crippen LogP contribution in [0.5, 0.6) is 11.5 Å². The average molecular weight is 426 g/mol. The number of benzene rings is 2. The third kappa shape index (κ3) is 5.00. The molecular formula is C14H11F3NO7S2-. The molecule has 1 heterocycles. The molecule has 1 fully saturated rings. The van der Waals surface area contributed by atoms with Gasteiger partial charge in [0, 0.05) is 0 Å². The molecule has 0 aromatic heterocycles. The SMILES string of the molecule is O=S(=O)([N-]S(=O)(=O)C(F)(F)F)Oc1ccc2ccc(OCC3CO3)cc2c1. The number of hydrogen-bond acceptors (Lipinski definition) is 7. The van der Waals surface area contributed by atoms with Gasteiger partial charge in [-0.2, -0.15) is 13.2 Å². The first kappa shape index (κ1) is 19.7. The van der Waals surface area contributed by atoms with Crippen molar-refractivity contribution in [2.24, 2.45) is 0 Å². The van der Waals surface area contributed by atoms with Gasteiger partial charge in [0.05, 0.1) is 6.61 Å². The molecule has 1 aliphatic heterocycles. The number of halogens is 3. The van der Waals surface area contributed by atoms with Gasteiger partial charge in [-0.15, -0.1) is 0 Å². The van der Waals surface area contributed by atoms with Crippen LogP contribution in [0, 0.1) is 0 Å². The highest BCUT2D eigenvalue weighted by molar-refractivity contribution is 8.10. The molecule has 148 valence electrons. The molecule has 13 heteroatoms. The zero-order chi connectivity index (χ0) is 19.9. The van der Waals surface area contributed by atoms with Gasteiger partial charge in [0.15, 0.2) is 10.0 Å². The minimum Gasteiger partial charge on any atom is -0.491 e. The molecule has 8 nitrogen and oxygen atoms in total. The highest BCUT2D eigenvalue weighted by Crippen LogP contribution is 2.32. The van der Waals surface area contributed by atoms with Crippen LogP contribution >= 0.6 is 0 Å². The predicted octanol–water partition coefficient (Wildman–Crippen LogP) is 2.46. The maximum atomic E-state index is 12.3. The standard InChI is InChI=1S/C14H11F3NO7S2/c15-14(16,17)26(19,20)18-27(21,22)25-12-4-2-9-1-3-11(5-10(9)6-12)23-7-13-8-24-13/h1-6,13H,7-8H2/q-1. The van der Waals surface area contributed by atoms with Gasteiger partial charge in [0.1, 0.15) is 24.2 Å². The van der Waals surface area contributed by atoms with E-state index in [1.165, 1.54) is 12.1 Å². The summed E-state index contributed by atoms with van der Waals surface area (Å²) >= 11 is 0. The average Bonchev–Trinajstić information content (AvgIpc) is 3.34. The van der Waals surface area contributed by atoms with Crippen molar-refractivity contribution < 1.29 is 43.7 Å². The van der Waals surface area contributed by atoms with Gasteiger partial charge >= 0.3 is 5.51 Å². The topological polar surface area (TPSA) is 113 Å².